The maximum absolute atomic E-state index is 12.3. The topological polar surface area (TPSA) is 81.1 Å². The van der Waals surface area contributed by atoms with Crippen LogP contribution in [0.2, 0.25) is 0 Å². The molecule has 7 heteroatoms. The zero-order valence-electron chi connectivity index (χ0n) is 13.2. The zero-order valence-corrected chi connectivity index (χ0v) is 14.8. The largest absolute Gasteiger partial charge is 0.611 e. The summed E-state index contributed by atoms with van der Waals surface area (Å²) in [6.45, 7) is -0.116. The molecule has 2 aromatic heterocycles. The number of hydrogen-bond acceptors (Lipinski definition) is 6. The monoisotopic (exact) mass is 369 g/mol. The lowest BCUT2D eigenvalue weighted by Gasteiger charge is -2.13. The van der Waals surface area contributed by atoms with Gasteiger partial charge < -0.3 is 15.0 Å². The van der Waals surface area contributed by atoms with Gasteiger partial charge in [-0.2, -0.15) is 0 Å². The molecule has 5 nitrogen and oxygen atoms in total. The van der Waals surface area contributed by atoms with Crippen LogP contribution in [0.5, 0.6) is 0 Å². The Labute approximate surface area is 151 Å². The second kappa shape index (κ2) is 6.97. The number of thiazole rings is 1. The Morgan fingerprint density at radius 1 is 1.16 bits per heavy atom. The lowest BCUT2D eigenvalue weighted by Crippen LogP contribution is -2.11. The van der Waals surface area contributed by atoms with Crippen molar-refractivity contribution in [3.05, 3.63) is 54.2 Å². The van der Waals surface area contributed by atoms with E-state index in [0.717, 1.165) is 27.0 Å². The number of hydrogen-bond donors (Lipinski definition) is 2. The first kappa shape index (κ1) is 16.3. The van der Waals surface area contributed by atoms with Crippen LogP contribution in [0.25, 0.3) is 21.1 Å². The Hall–Kier alpha value is -2.19. The molecule has 2 heterocycles. The van der Waals surface area contributed by atoms with Gasteiger partial charge in [-0.3, -0.25) is 4.98 Å². The third-order valence-electron chi connectivity index (χ3n) is 3.87. The molecule has 0 radical (unpaired) electrons. The van der Waals surface area contributed by atoms with E-state index in [1.807, 2.05) is 41.9 Å². The van der Waals surface area contributed by atoms with Crippen LogP contribution in [0.15, 0.2) is 59.1 Å². The second-order valence-corrected chi connectivity index (χ2v) is 7.87. The Balaban J connectivity index is 1.75. The number of nitrogens with one attached hydrogen (secondary N) is 1. The van der Waals surface area contributed by atoms with Crippen molar-refractivity contribution < 1.29 is 9.66 Å². The van der Waals surface area contributed by atoms with E-state index < -0.39 is 11.2 Å². The third kappa shape index (κ3) is 3.19. The van der Waals surface area contributed by atoms with Crippen molar-refractivity contribution in [2.24, 2.45) is 0 Å². The Kier molecular flexibility index (Phi) is 4.54. The molecule has 0 saturated heterocycles. The van der Waals surface area contributed by atoms with Gasteiger partial charge in [0.15, 0.2) is 4.90 Å². The van der Waals surface area contributed by atoms with Crippen molar-refractivity contribution in [1.29, 1.82) is 0 Å². The number of anilines is 2. The Morgan fingerprint density at radius 2 is 2.08 bits per heavy atom. The quantitative estimate of drug-likeness (QED) is 0.525. The average molecular weight is 369 g/mol. The van der Waals surface area contributed by atoms with Crippen molar-refractivity contribution in [2.45, 2.75) is 4.90 Å². The predicted octanol–water partition coefficient (Wildman–Crippen LogP) is 3.69. The predicted molar refractivity (Wildman–Crippen MR) is 103 cm³/mol. The lowest BCUT2D eigenvalue weighted by molar-refractivity contribution is 0.319. The molecule has 4 aromatic rings. The van der Waals surface area contributed by atoms with Crippen molar-refractivity contribution in [1.82, 2.24) is 9.97 Å². The number of benzene rings is 2. The lowest BCUT2D eigenvalue weighted by atomic mass is 10.2. The van der Waals surface area contributed by atoms with Gasteiger partial charge in [0.05, 0.1) is 22.3 Å². The summed E-state index contributed by atoms with van der Waals surface area (Å²) in [6.07, 6.45) is 1.70. The van der Waals surface area contributed by atoms with Crippen molar-refractivity contribution in [2.75, 3.05) is 17.7 Å². The fourth-order valence-corrected chi connectivity index (χ4v) is 4.38. The van der Waals surface area contributed by atoms with Crippen LogP contribution in [-0.4, -0.2) is 32.0 Å². The number of rotatable bonds is 5. The van der Waals surface area contributed by atoms with Gasteiger partial charge in [-0.25, -0.2) is 4.98 Å². The highest BCUT2D eigenvalue weighted by atomic mass is 32.2. The summed E-state index contributed by atoms with van der Waals surface area (Å²) < 4.78 is 13.5. The van der Waals surface area contributed by atoms with Gasteiger partial charge >= 0.3 is 0 Å². The first-order chi connectivity index (χ1) is 12.3. The van der Waals surface area contributed by atoms with Crippen LogP contribution in [-0.2, 0) is 11.2 Å². The molecule has 2 N–H and O–H groups in total. The number of aliphatic hydroxyl groups excluding tert-OH is 1. The standard InChI is InChI=1S/C18H15N3O2S2/c22-8-9-25(23)17-3-1-2-13-14(6-7-19-18(13)17)21-12-4-5-16-15(10-12)20-11-24-16/h1-7,10-11,22H,8-9H2,(H,19,21). The normalized spacial score (nSPS) is 12.6. The number of nitrogens with zero attached hydrogens (tertiary/aromatic N) is 2. The molecule has 0 bridgehead atoms. The summed E-state index contributed by atoms with van der Waals surface area (Å²) in [4.78, 5) is 9.39. The minimum absolute atomic E-state index is 0.116. The maximum atomic E-state index is 12.3. The fraction of sp³-hybridized carbons (Fsp3) is 0.111. The van der Waals surface area contributed by atoms with E-state index in [4.69, 9.17) is 5.11 Å². The molecule has 4 rings (SSSR count). The van der Waals surface area contributed by atoms with Gasteiger partial charge in [-0.1, -0.05) is 12.1 Å². The smallest absolute Gasteiger partial charge is 0.179 e. The van der Waals surface area contributed by atoms with E-state index in [1.54, 1.807) is 23.6 Å². The van der Waals surface area contributed by atoms with E-state index in [-0.39, 0.29) is 12.4 Å². The summed E-state index contributed by atoms with van der Waals surface area (Å²) in [7, 11) is 0. The van der Waals surface area contributed by atoms with Crippen molar-refractivity contribution in [3.8, 4) is 0 Å². The van der Waals surface area contributed by atoms with Crippen LogP contribution in [0, 0.1) is 0 Å². The highest BCUT2D eigenvalue weighted by molar-refractivity contribution is 7.91. The molecule has 0 fully saturated rings. The number of aliphatic hydroxyl groups is 1. The maximum Gasteiger partial charge on any atom is 0.179 e. The van der Waals surface area contributed by atoms with Gasteiger partial charge in [0.25, 0.3) is 0 Å². The molecule has 0 aliphatic rings. The first-order valence-corrected chi connectivity index (χ1v) is 9.93. The van der Waals surface area contributed by atoms with Crippen LogP contribution < -0.4 is 5.32 Å². The highest BCUT2D eigenvalue weighted by Gasteiger charge is 2.16. The van der Waals surface area contributed by atoms with Crippen LogP contribution >= 0.6 is 11.3 Å². The molecule has 0 saturated carbocycles. The molecular formula is C18H15N3O2S2. The molecule has 1 atom stereocenters. The number of aromatic nitrogens is 2. The Morgan fingerprint density at radius 3 is 2.96 bits per heavy atom. The average Bonchev–Trinajstić information content (AvgIpc) is 3.09. The Bertz CT molecular complexity index is 1040. The molecular weight excluding hydrogens is 354 g/mol. The fourth-order valence-electron chi connectivity index (χ4n) is 2.73. The van der Waals surface area contributed by atoms with E-state index >= 15 is 0 Å². The second-order valence-electron chi connectivity index (χ2n) is 5.44. The summed E-state index contributed by atoms with van der Waals surface area (Å²) in [5, 5.41) is 13.4. The summed E-state index contributed by atoms with van der Waals surface area (Å²) in [6, 6.07) is 13.6. The molecule has 0 aliphatic carbocycles. The van der Waals surface area contributed by atoms with Gasteiger partial charge in [0.1, 0.15) is 11.3 Å². The van der Waals surface area contributed by atoms with E-state index in [0.29, 0.717) is 10.4 Å². The molecule has 0 amide bonds. The minimum Gasteiger partial charge on any atom is -0.611 e. The van der Waals surface area contributed by atoms with Crippen molar-refractivity contribution in [3.63, 3.8) is 0 Å². The van der Waals surface area contributed by atoms with Crippen LogP contribution in [0.3, 0.4) is 0 Å². The zero-order chi connectivity index (χ0) is 17.2. The summed E-state index contributed by atoms with van der Waals surface area (Å²) >= 11 is 0.337. The SMILES string of the molecule is [O-][S+](CCO)c1cccc2c(Nc3ccc4scnc4c3)ccnc12. The molecule has 2 aromatic carbocycles. The first-order valence-electron chi connectivity index (χ1n) is 7.73. The van der Waals surface area contributed by atoms with Crippen molar-refractivity contribution >= 4 is 55.0 Å². The number of fused-ring (bicyclic) bond motifs is 2. The molecule has 0 aliphatic heterocycles. The highest BCUT2D eigenvalue weighted by Crippen LogP contribution is 2.30. The number of pyridine rings is 1. The van der Waals surface area contributed by atoms with Gasteiger partial charge in [0, 0.05) is 23.0 Å². The molecule has 1 unspecified atom stereocenters. The summed E-state index contributed by atoms with van der Waals surface area (Å²) in [5.74, 6) is 0.207. The van der Waals surface area contributed by atoms with Crippen LogP contribution in [0.4, 0.5) is 11.4 Å². The summed E-state index contributed by atoms with van der Waals surface area (Å²) in [5.41, 5.74) is 5.31. The van der Waals surface area contributed by atoms with Gasteiger partial charge in [-0.05, 0) is 41.5 Å². The van der Waals surface area contributed by atoms with Crippen LogP contribution in [0.1, 0.15) is 0 Å². The molecule has 126 valence electrons. The van der Waals surface area contributed by atoms with Gasteiger partial charge in [-0.15, -0.1) is 11.3 Å². The molecule has 25 heavy (non-hydrogen) atoms. The van der Waals surface area contributed by atoms with E-state index in [2.05, 4.69) is 15.3 Å². The van der Waals surface area contributed by atoms with E-state index in [1.165, 1.54) is 0 Å². The molecule has 0 spiro atoms. The minimum atomic E-state index is -1.27. The number of para-hydroxylation sites is 1. The third-order valence-corrected chi connectivity index (χ3v) is 6.05. The van der Waals surface area contributed by atoms with Gasteiger partial charge in [0.2, 0.25) is 0 Å². The van der Waals surface area contributed by atoms with E-state index in [9.17, 15) is 4.55 Å².